The minimum Gasteiger partial charge on any atom is -0.497 e. The van der Waals surface area contributed by atoms with Gasteiger partial charge in [0.15, 0.2) is 5.16 Å². The van der Waals surface area contributed by atoms with Crippen molar-refractivity contribution in [2.45, 2.75) is 32.0 Å². The molecule has 0 aliphatic carbocycles. The highest BCUT2D eigenvalue weighted by Gasteiger charge is 2.14. The molecule has 0 atom stereocenters. The van der Waals surface area contributed by atoms with Gasteiger partial charge in [0.25, 0.3) is 5.91 Å². The summed E-state index contributed by atoms with van der Waals surface area (Å²) < 4.78 is 7.02. The molecule has 0 bridgehead atoms. The van der Waals surface area contributed by atoms with Gasteiger partial charge in [-0.05, 0) is 61.4 Å². The minimum absolute atomic E-state index is 0.114. The molecule has 0 aliphatic heterocycles. The fraction of sp³-hybridized carbons (Fsp3) is 0.280. The van der Waals surface area contributed by atoms with E-state index in [0.717, 1.165) is 16.8 Å². The molecule has 8 nitrogen and oxygen atoms in total. The number of rotatable bonds is 11. The molecule has 0 radical (unpaired) electrons. The van der Waals surface area contributed by atoms with E-state index in [1.54, 1.807) is 37.5 Å². The summed E-state index contributed by atoms with van der Waals surface area (Å²) in [6.07, 6.45) is 2.25. The van der Waals surface area contributed by atoms with Gasteiger partial charge in [-0.25, -0.2) is 0 Å². The fourth-order valence-electron chi connectivity index (χ4n) is 3.43. The molecule has 3 aromatic rings. The Labute approximate surface area is 203 Å². The van der Waals surface area contributed by atoms with Gasteiger partial charge in [0.1, 0.15) is 11.6 Å². The maximum absolute atomic E-state index is 12.4. The summed E-state index contributed by atoms with van der Waals surface area (Å²) in [7, 11) is 1.58. The number of nitrogens with zero attached hydrogens (tertiary/aromatic N) is 3. The van der Waals surface area contributed by atoms with E-state index in [0.29, 0.717) is 41.8 Å². The van der Waals surface area contributed by atoms with Crippen LogP contribution < -0.4 is 15.4 Å². The van der Waals surface area contributed by atoms with Crippen LogP contribution >= 0.6 is 11.8 Å². The van der Waals surface area contributed by atoms with Gasteiger partial charge < -0.3 is 19.9 Å². The number of anilines is 1. The Hall–Kier alpha value is -3.59. The molecular weight excluding hydrogens is 450 g/mol. The number of nitrogens with one attached hydrogen (secondary N) is 2. The molecule has 3 rings (SSSR count). The molecule has 0 unspecified atom stereocenters. The Morgan fingerprint density at radius 1 is 1.12 bits per heavy atom. The number of carbonyl (C=O) groups excluding carboxylic acids is 2. The van der Waals surface area contributed by atoms with Crippen molar-refractivity contribution >= 4 is 29.3 Å². The molecule has 2 N–H and O–H groups in total. The summed E-state index contributed by atoms with van der Waals surface area (Å²) in [6, 6.07) is 12.9. The van der Waals surface area contributed by atoms with Crippen LogP contribution in [-0.4, -0.2) is 46.0 Å². The van der Waals surface area contributed by atoms with Crippen LogP contribution in [0.1, 0.15) is 27.3 Å². The zero-order valence-corrected chi connectivity index (χ0v) is 20.4. The Morgan fingerprint density at radius 3 is 2.47 bits per heavy atom. The number of allylic oxidation sites excluding steroid dienone is 1. The average Bonchev–Trinajstić information content (AvgIpc) is 3.18. The van der Waals surface area contributed by atoms with Crippen molar-refractivity contribution in [2.75, 3.05) is 24.7 Å². The van der Waals surface area contributed by atoms with Crippen molar-refractivity contribution in [3.05, 3.63) is 77.6 Å². The normalized spacial score (nSPS) is 10.6. The van der Waals surface area contributed by atoms with E-state index in [1.807, 2.05) is 30.5 Å². The van der Waals surface area contributed by atoms with Crippen LogP contribution in [0.15, 0.2) is 60.3 Å². The van der Waals surface area contributed by atoms with Crippen molar-refractivity contribution in [3.63, 3.8) is 0 Å². The molecular formula is C25H29N5O3S. The first-order valence-corrected chi connectivity index (χ1v) is 11.8. The number of hydrogen-bond acceptors (Lipinski definition) is 6. The maximum Gasteiger partial charge on any atom is 0.251 e. The Bertz CT molecular complexity index is 1140. The highest BCUT2D eigenvalue weighted by atomic mass is 32.2. The van der Waals surface area contributed by atoms with Gasteiger partial charge in [-0.3, -0.25) is 9.59 Å². The first kappa shape index (κ1) is 25.0. The highest BCUT2D eigenvalue weighted by molar-refractivity contribution is 7.99. The largest absolute Gasteiger partial charge is 0.497 e. The quantitative estimate of drug-likeness (QED) is 0.321. The van der Waals surface area contributed by atoms with Gasteiger partial charge in [0.05, 0.1) is 12.9 Å². The van der Waals surface area contributed by atoms with E-state index < -0.39 is 0 Å². The number of methoxy groups -OCH3 is 1. The SMILES string of the molecule is C=CCn1c(CCNC(=O)c2ccc(OC)cc2)nnc1SCC(=O)Nc1cc(C)cc(C)c1. The molecule has 9 heteroatoms. The molecule has 0 aliphatic rings. The van der Waals surface area contributed by atoms with Crippen LogP contribution in [0.2, 0.25) is 0 Å². The van der Waals surface area contributed by atoms with Gasteiger partial charge in [-0.1, -0.05) is 23.9 Å². The van der Waals surface area contributed by atoms with Gasteiger partial charge in [-0.2, -0.15) is 0 Å². The molecule has 0 spiro atoms. The molecule has 0 saturated heterocycles. The Kier molecular flexibility index (Phi) is 8.86. The number of carbonyl (C=O) groups is 2. The van der Waals surface area contributed by atoms with Crippen molar-refractivity contribution in [1.82, 2.24) is 20.1 Å². The number of aromatic nitrogens is 3. The van der Waals surface area contributed by atoms with E-state index in [4.69, 9.17) is 4.74 Å². The molecule has 1 heterocycles. The Morgan fingerprint density at radius 2 is 1.82 bits per heavy atom. The third-order valence-electron chi connectivity index (χ3n) is 4.93. The van der Waals surface area contributed by atoms with Crippen molar-refractivity contribution in [3.8, 4) is 5.75 Å². The lowest BCUT2D eigenvalue weighted by Gasteiger charge is -2.10. The van der Waals surface area contributed by atoms with Crippen LogP contribution in [0.5, 0.6) is 5.75 Å². The number of hydrogen-bond donors (Lipinski definition) is 2. The van der Waals surface area contributed by atoms with Gasteiger partial charge >= 0.3 is 0 Å². The summed E-state index contributed by atoms with van der Waals surface area (Å²) in [5.74, 6) is 1.33. The summed E-state index contributed by atoms with van der Waals surface area (Å²) in [4.78, 5) is 24.8. The fourth-order valence-corrected chi connectivity index (χ4v) is 4.20. The van der Waals surface area contributed by atoms with Crippen molar-refractivity contribution in [1.29, 1.82) is 0 Å². The van der Waals surface area contributed by atoms with Crippen LogP contribution in [0.3, 0.4) is 0 Å². The topological polar surface area (TPSA) is 98.1 Å². The smallest absolute Gasteiger partial charge is 0.251 e. The summed E-state index contributed by atoms with van der Waals surface area (Å²) >= 11 is 1.31. The van der Waals surface area contributed by atoms with Gasteiger partial charge in [-0.15, -0.1) is 16.8 Å². The number of amides is 2. The van der Waals surface area contributed by atoms with Crippen molar-refractivity contribution < 1.29 is 14.3 Å². The maximum atomic E-state index is 12.4. The Balaban J connectivity index is 1.55. The van der Waals surface area contributed by atoms with E-state index in [2.05, 4.69) is 33.5 Å². The molecule has 0 fully saturated rings. The second kappa shape index (κ2) is 12.0. The van der Waals surface area contributed by atoms with Crippen LogP contribution in [0.25, 0.3) is 0 Å². The molecule has 1 aromatic heterocycles. The summed E-state index contributed by atoms with van der Waals surface area (Å²) in [5.41, 5.74) is 3.53. The van der Waals surface area contributed by atoms with E-state index in [-0.39, 0.29) is 17.6 Å². The van der Waals surface area contributed by atoms with Gasteiger partial charge in [0, 0.05) is 30.8 Å². The highest BCUT2D eigenvalue weighted by Crippen LogP contribution is 2.19. The van der Waals surface area contributed by atoms with Gasteiger partial charge in [0.2, 0.25) is 5.91 Å². The lowest BCUT2D eigenvalue weighted by molar-refractivity contribution is -0.113. The molecule has 34 heavy (non-hydrogen) atoms. The van der Waals surface area contributed by atoms with Crippen LogP contribution in [0.4, 0.5) is 5.69 Å². The first-order valence-electron chi connectivity index (χ1n) is 10.9. The zero-order valence-electron chi connectivity index (χ0n) is 19.6. The van der Waals surface area contributed by atoms with Crippen LogP contribution in [0, 0.1) is 13.8 Å². The zero-order chi connectivity index (χ0) is 24.5. The molecule has 178 valence electrons. The van der Waals surface area contributed by atoms with E-state index in [9.17, 15) is 9.59 Å². The van der Waals surface area contributed by atoms with Crippen molar-refractivity contribution in [2.24, 2.45) is 0 Å². The first-order chi connectivity index (χ1) is 16.4. The number of thioether (sulfide) groups is 1. The molecule has 2 aromatic carbocycles. The predicted octanol–water partition coefficient (Wildman–Crippen LogP) is 3.79. The lowest BCUT2D eigenvalue weighted by atomic mass is 10.1. The van der Waals surface area contributed by atoms with Crippen LogP contribution in [-0.2, 0) is 17.8 Å². The third kappa shape index (κ3) is 6.95. The summed E-state index contributed by atoms with van der Waals surface area (Å²) in [6.45, 7) is 8.71. The molecule has 2 amide bonds. The second-order valence-corrected chi connectivity index (χ2v) is 8.69. The summed E-state index contributed by atoms with van der Waals surface area (Å²) in [5, 5.41) is 14.9. The minimum atomic E-state index is -0.171. The number of aryl methyl sites for hydroxylation is 2. The number of ether oxygens (including phenoxy) is 1. The molecule has 0 saturated carbocycles. The van der Waals surface area contributed by atoms with E-state index in [1.165, 1.54) is 11.8 Å². The average molecular weight is 480 g/mol. The number of benzene rings is 2. The monoisotopic (exact) mass is 479 g/mol. The third-order valence-corrected chi connectivity index (χ3v) is 5.90. The lowest BCUT2D eigenvalue weighted by Crippen LogP contribution is -2.26. The van der Waals surface area contributed by atoms with E-state index >= 15 is 0 Å². The standard InChI is InChI=1S/C25H29N5O3S/c1-5-12-30-22(10-11-26-24(32)19-6-8-21(33-4)9-7-19)28-29-25(30)34-16-23(31)27-20-14-17(2)13-18(3)15-20/h5-9,13-15H,1,10-12,16H2,2-4H3,(H,26,32)(H,27,31). The second-order valence-electron chi connectivity index (χ2n) is 7.75. The predicted molar refractivity (Wildman–Crippen MR) is 135 cm³/mol.